The Hall–Kier alpha value is -2.84. The average molecular weight is 427 g/mol. The van der Waals surface area contributed by atoms with Crippen LogP contribution in [0.15, 0.2) is 54.3 Å². The van der Waals surface area contributed by atoms with E-state index < -0.39 is 0 Å². The fourth-order valence-corrected chi connectivity index (χ4v) is 4.72. The summed E-state index contributed by atoms with van der Waals surface area (Å²) in [6, 6.07) is 14.9. The minimum Gasteiger partial charge on any atom is -0.486 e. The molecular formula is C21H18N2O4S2. The standard InChI is InChI=1S/C21H18N2O4S2/c1-2-26-20(25)14-8-9-15-16(12-14)29-21(22-15)23-19(24)17-18(28-11-10-27-17)13-6-4-3-5-7-13/h3-9,12H,2,10-11H2,1H3,(H,22,23,24). The van der Waals surface area contributed by atoms with E-state index in [0.29, 0.717) is 35.2 Å². The van der Waals surface area contributed by atoms with Crippen LogP contribution in [0.3, 0.4) is 0 Å². The van der Waals surface area contributed by atoms with Gasteiger partial charge in [0.15, 0.2) is 10.9 Å². The molecular weight excluding hydrogens is 408 g/mol. The minimum absolute atomic E-state index is 0.305. The molecule has 0 fully saturated rings. The van der Waals surface area contributed by atoms with Gasteiger partial charge in [0.1, 0.15) is 0 Å². The minimum atomic E-state index is -0.376. The van der Waals surface area contributed by atoms with Gasteiger partial charge in [-0.1, -0.05) is 41.7 Å². The first kappa shape index (κ1) is 19.5. The second-order valence-electron chi connectivity index (χ2n) is 6.10. The number of rotatable bonds is 5. The van der Waals surface area contributed by atoms with E-state index in [1.54, 1.807) is 36.9 Å². The Kier molecular flexibility index (Phi) is 5.82. The van der Waals surface area contributed by atoms with Crippen molar-refractivity contribution in [3.63, 3.8) is 0 Å². The molecule has 29 heavy (non-hydrogen) atoms. The topological polar surface area (TPSA) is 77.5 Å². The van der Waals surface area contributed by atoms with Crippen LogP contribution >= 0.6 is 23.1 Å². The fraction of sp³-hybridized carbons (Fsp3) is 0.190. The number of fused-ring (bicyclic) bond motifs is 1. The fourth-order valence-electron chi connectivity index (χ4n) is 2.86. The zero-order valence-electron chi connectivity index (χ0n) is 15.6. The number of nitrogens with one attached hydrogen (secondary N) is 1. The lowest BCUT2D eigenvalue weighted by molar-refractivity contribution is -0.115. The molecule has 0 spiro atoms. The van der Waals surface area contributed by atoms with Crippen LogP contribution in [-0.4, -0.2) is 35.8 Å². The number of amides is 1. The summed E-state index contributed by atoms with van der Waals surface area (Å²) >= 11 is 2.90. The number of esters is 1. The second kappa shape index (κ2) is 8.67. The molecule has 2 aromatic carbocycles. The number of hydrogen-bond acceptors (Lipinski definition) is 7. The van der Waals surface area contributed by atoms with Crippen molar-refractivity contribution in [2.45, 2.75) is 6.92 Å². The first-order valence-corrected chi connectivity index (χ1v) is 10.9. The van der Waals surface area contributed by atoms with Gasteiger partial charge in [0.25, 0.3) is 5.91 Å². The number of thiazole rings is 1. The molecule has 2 heterocycles. The lowest BCUT2D eigenvalue weighted by Gasteiger charge is -2.20. The van der Waals surface area contributed by atoms with Crippen LogP contribution in [0.2, 0.25) is 0 Å². The third-order valence-electron chi connectivity index (χ3n) is 4.14. The van der Waals surface area contributed by atoms with E-state index in [4.69, 9.17) is 9.47 Å². The largest absolute Gasteiger partial charge is 0.486 e. The highest BCUT2D eigenvalue weighted by atomic mass is 32.2. The van der Waals surface area contributed by atoms with Crippen LogP contribution in [0.25, 0.3) is 15.1 Å². The van der Waals surface area contributed by atoms with Crippen LogP contribution in [0, 0.1) is 0 Å². The molecule has 0 radical (unpaired) electrons. The van der Waals surface area contributed by atoms with Crippen molar-refractivity contribution in [3.05, 3.63) is 65.4 Å². The van der Waals surface area contributed by atoms with Gasteiger partial charge in [-0.2, -0.15) is 0 Å². The lowest BCUT2D eigenvalue weighted by Crippen LogP contribution is -2.21. The zero-order chi connectivity index (χ0) is 20.2. The molecule has 0 saturated carbocycles. The highest BCUT2D eigenvalue weighted by Gasteiger charge is 2.24. The van der Waals surface area contributed by atoms with E-state index >= 15 is 0 Å². The van der Waals surface area contributed by atoms with Gasteiger partial charge in [-0.15, -0.1) is 11.8 Å². The van der Waals surface area contributed by atoms with Gasteiger partial charge in [0.05, 0.1) is 33.9 Å². The molecule has 8 heteroatoms. The Balaban J connectivity index is 1.59. The summed E-state index contributed by atoms with van der Waals surface area (Å²) in [6.45, 7) is 2.56. The zero-order valence-corrected chi connectivity index (χ0v) is 17.3. The van der Waals surface area contributed by atoms with Crippen molar-refractivity contribution in [2.24, 2.45) is 0 Å². The van der Waals surface area contributed by atoms with Crippen LogP contribution in [0.5, 0.6) is 0 Å². The van der Waals surface area contributed by atoms with Crippen molar-refractivity contribution < 1.29 is 19.1 Å². The first-order valence-electron chi connectivity index (χ1n) is 9.10. The summed E-state index contributed by atoms with van der Waals surface area (Å²) in [5, 5.41) is 3.28. The van der Waals surface area contributed by atoms with Gasteiger partial charge in [-0.05, 0) is 30.7 Å². The lowest BCUT2D eigenvalue weighted by atomic mass is 10.2. The molecule has 6 nitrogen and oxygen atoms in total. The number of aromatic nitrogens is 1. The van der Waals surface area contributed by atoms with Crippen molar-refractivity contribution >= 4 is 55.2 Å². The Morgan fingerprint density at radius 1 is 1.21 bits per heavy atom. The summed E-state index contributed by atoms with van der Waals surface area (Å²) in [5.41, 5.74) is 2.11. The molecule has 0 aliphatic carbocycles. The third kappa shape index (κ3) is 4.28. The smallest absolute Gasteiger partial charge is 0.338 e. The molecule has 0 unspecified atom stereocenters. The maximum absolute atomic E-state index is 12.9. The molecule has 148 valence electrons. The van der Waals surface area contributed by atoms with Gasteiger partial charge in [-0.3, -0.25) is 10.1 Å². The summed E-state index contributed by atoms with van der Waals surface area (Å²) in [5.74, 6) is 0.386. The van der Waals surface area contributed by atoms with Gasteiger partial charge in [0, 0.05) is 5.75 Å². The number of ether oxygens (including phenoxy) is 2. The molecule has 0 bridgehead atoms. The quantitative estimate of drug-likeness (QED) is 0.604. The van der Waals surface area contributed by atoms with E-state index in [1.165, 1.54) is 11.3 Å². The Morgan fingerprint density at radius 2 is 2.03 bits per heavy atom. The Labute approximate surface area is 175 Å². The number of benzene rings is 2. The molecule has 3 aromatic rings. The number of anilines is 1. The molecule has 1 aromatic heterocycles. The van der Waals surface area contributed by atoms with Gasteiger partial charge in [0.2, 0.25) is 0 Å². The molecule has 0 atom stereocenters. The summed E-state index contributed by atoms with van der Waals surface area (Å²) in [6.07, 6.45) is 0. The van der Waals surface area contributed by atoms with Crippen molar-refractivity contribution in [1.82, 2.24) is 4.98 Å². The number of carbonyl (C=O) groups is 2. The van der Waals surface area contributed by atoms with E-state index in [9.17, 15) is 9.59 Å². The summed E-state index contributed by atoms with van der Waals surface area (Å²) in [4.78, 5) is 30.1. The van der Waals surface area contributed by atoms with Crippen LogP contribution in [-0.2, 0) is 14.3 Å². The van der Waals surface area contributed by atoms with E-state index in [0.717, 1.165) is 20.9 Å². The molecule has 4 rings (SSSR count). The van der Waals surface area contributed by atoms with E-state index in [2.05, 4.69) is 10.3 Å². The van der Waals surface area contributed by atoms with Gasteiger partial charge in [-0.25, -0.2) is 9.78 Å². The van der Waals surface area contributed by atoms with Crippen molar-refractivity contribution in [2.75, 3.05) is 24.3 Å². The average Bonchev–Trinajstić information content (AvgIpc) is 3.16. The number of thioether (sulfide) groups is 1. The first-order chi connectivity index (χ1) is 14.2. The van der Waals surface area contributed by atoms with E-state index in [-0.39, 0.29) is 11.9 Å². The molecule has 1 aliphatic rings. The predicted molar refractivity (Wildman–Crippen MR) is 116 cm³/mol. The second-order valence-corrected chi connectivity index (χ2v) is 8.23. The Bertz CT molecular complexity index is 1090. The van der Waals surface area contributed by atoms with Gasteiger partial charge >= 0.3 is 5.97 Å². The van der Waals surface area contributed by atoms with E-state index in [1.807, 2.05) is 30.3 Å². The highest BCUT2D eigenvalue weighted by Crippen LogP contribution is 2.35. The maximum Gasteiger partial charge on any atom is 0.338 e. The van der Waals surface area contributed by atoms with Crippen LogP contribution in [0.4, 0.5) is 5.13 Å². The van der Waals surface area contributed by atoms with Crippen LogP contribution in [0.1, 0.15) is 22.8 Å². The summed E-state index contributed by atoms with van der Waals surface area (Å²) in [7, 11) is 0. The monoisotopic (exact) mass is 426 g/mol. The van der Waals surface area contributed by atoms with Crippen molar-refractivity contribution in [3.8, 4) is 0 Å². The van der Waals surface area contributed by atoms with Gasteiger partial charge < -0.3 is 9.47 Å². The van der Waals surface area contributed by atoms with Crippen molar-refractivity contribution in [1.29, 1.82) is 0 Å². The maximum atomic E-state index is 12.9. The number of nitrogens with zero attached hydrogens (tertiary/aromatic N) is 1. The predicted octanol–water partition coefficient (Wildman–Crippen LogP) is 4.54. The molecule has 1 N–H and O–H groups in total. The molecule has 0 saturated heterocycles. The molecule has 1 aliphatic heterocycles. The third-order valence-corrected chi connectivity index (χ3v) is 6.16. The highest BCUT2D eigenvalue weighted by molar-refractivity contribution is 8.08. The van der Waals surface area contributed by atoms with Crippen LogP contribution < -0.4 is 5.32 Å². The Morgan fingerprint density at radius 3 is 2.83 bits per heavy atom. The molecule has 1 amide bonds. The summed E-state index contributed by atoms with van der Waals surface area (Å²) < 4.78 is 11.5. The SMILES string of the molecule is CCOC(=O)c1ccc2nc(NC(=O)C3=C(c4ccccc4)SCCO3)sc2c1. The number of carbonyl (C=O) groups excluding carboxylic acids is 2. The normalized spacial score (nSPS) is 13.8. The number of hydrogen-bond donors (Lipinski definition) is 1.